The molecule has 1 fully saturated rings. The number of aromatic nitrogens is 2. The molecule has 2 aliphatic rings. The second-order valence-corrected chi connectivity index (χ2v) is 8.24. The van der Waals surface area contributed by atoms with Gasteiger partial charge in [-0.05, 0) is 37.1 Å². The quantitative estimate of drug-likeness (QED) is 0.642. The molecule has 1 aromatic heterocycles. The summed E-state index contributed by atoms with van der Waals surface area (Å²) in [4.78, 5) is 56.9. The van der Waals surface area contributed by atoms with Crippen molar-refractivity contribution >= 4 is 28.6 Å². The van der Waals surface area contributed by atoms with E-state index in [1.807, 2.05) is 6.07 Å². The topological polar surface area (TPSA) is 101 Å². The number of benzene rings is 2. The molecule has 1 aliphatic carbocycles. The second-order valence-electron chi connectivity index (χ2n) is 8.24. The Labute approximate surface area is 183 Å². The average Bonchev–Trinajstić information content (AvgIpc) is 3.06. The van der Waals surface area contributed by atoms with Gasteiger partial charge in [0.2, 0.25) is 0 Å². The number of hydrogen-bond acceptors (Lipinski definition) is 5. The third-order valence-corrected chi connectivity index (χ3v) is 6.19. The molecule has 32 heavy (non-hydrogen) atoms. The average molecular weight is 430 g/mol. The van der Waals surface area contributed by atoms with Gasteiger partial charge in [0.15, 0.2) is 0 Å². The zero-order valence-corrected chi connectivity index (χ0v) is 17.4. The van der Waals surface area contributed by atoms with E-state index in [1.54, 1.807) is 42.5 Å². The summed E-state index contributed by atoms with van der Waals surface area (Å²) in [5.74, 6) is -1.09. The van der Waals surface area contributed by atoms with Crippen molar-refractivity contribution in [2.24, 2.45) is 0 Å². The minimum atomic E-state index is -0.629. The van der Waals surface area contributed by atoms with E-state index in [1.165, 1.54) is 4.68 Å². The predicted molar refractivity (Wildman–Crippen MR) is 118 cm³/mol. The maximum absolute atomic E-state index is 13.2. The van der Waals surface area contributed by atoms with E-state index >= 15 is 0 Å². The molecule has 1 saturated carbocycles. The Morgan fingerprint density at radius 3 is 2.22 bits per heavy atom. The van der Waals surface area contributed by atoms with Crippen LogP contribution in [-0.4, -0.2) is 38.8 Å². The number of nitrogens with zero attached hydrogens (tertiary/aromatic N) is 3. The van der Waals surface area contributed by atoms with Crippen molar-refractivity contribution in [1.29, 1.82) is 0 Å². The van der Waals surface area contributed by atoms with E-state index in [0.29, 0.717) is 16.7 Å². The minimum absolute atomic E-state index is 0.0562. The number of nitrogens with one attached hydrogen (secondary N) is 1. The molecule has 0 bridgehead atoms. The van der Waals surface area contributed by atoms with Crippen LogP contribution in [0, 0.1) is 0 Å². The second kappa shape index (κ2) is 8.03. The summed E-state index contributed by atoms with van der Waals surface area (Å²) < 4.78 is 1.21. The van der Waals surface area contributed by atoms with Crippen LogP contribution in [0.3, 0.4) is 0 Å². The van der Waals surface area contributed by atoms with Crippen molar-refractivity contribution in [2.45, 2.75) is 38.0 Å². The van der Waals surface area contributed by atoms with Gasteiger partial charge in [-0.15, -0.1) is 0 Å². The van der Waals surface area contributed by atoms with Gasteiger partial charge in [-0.3, -0.25) is 29.5 Å². The number of amides is 3. The highest BCUT2D eigenvalue weighted by atomic mass is 16.2. The van der Waals surface area contributed by atoms with Crippen LogP contribution in [-0.2, 0) is 4.79 Å². The fourth-order valence-electron chi connectivity index (χ4n) is 4.58. The molecule has 0 saturated heterocycles. The van der Waals surface area contributed by atoms with Crippen LogP contribution in [0.2, 0.25) is 0 Å². The number of carbonyl (C=O) groups is 3. The first-order valence-corrected chi connectivity index (χ1v) is 10.8. The Bertz CT molecular complexity index is 1270. The van der Waals surface area contributed by atoms with Crippen LogP contribution in [0.25, 0.3) is 10.9 Å². The van der Waals surface area contributed by atoms with Gasteiger partial charge in [0.05, 0.1) is 22.0 Å². The first kappa shape index (κ1) is 20.1. The third-order valence-electron chi connectivity index (χ3n) is 6.19. The van der Waals surface area contributed by atoms with Crippen LogP contribution in [0.15, 0.2) is 53.3 Å². The Morgan fingerprint density at radius 2 is 1.53 bits per heavy atom. The molecule has 1 aliphatic heterocycles. The minimum Gasteiger partial charge on any atom is -0.271 e. The lowest BCUT2D eigenvalue weighted by atomic mass is 9.88. The summed E-state index contributed by atoms with van der Waals surface area (Å²) >= 11 is 0. The summed E-state index contributed by atoms with van der Waals surface area (Å²) in [6, 6.07) is 13.5. The Balaban J connectivity index is 1.46. The van der Waals surface area contributed by atoms with E-state index in [0.717, 1.165) is 37.0 Å². The van der Waals surface area contributed by atoms with E-state index in [2.05, 4.69) is 5.43 Å². The largest absolute Gasteiger partial charge is 0.280 e. The van der Waals surface area contributed by atoms with E-state index in [4.69, 9.17) is 4.98 Å². The van der Waals surface area contributed by atoms with Crippen LogP contribution in [0.1, 0.15) is 64.6 Å². The van der Waals surface area contributed by atoms with Gasteiger partial charge in [-0.25, -0.2) is 9.66 Å². The van der Waals surface area contributed by atoms with Crippen molar-refractivity contribution in [3.8, 4) is 0 Å². The number of fused-ring (bicyclic) bond motifs is 2. The molecule has 3 amide bonds. The molecule has 0 radical (unpaired) electrons. The predicted octanol–water partition coefficient (Wildman–Crippen LogP) is 2.81. The first-order valence-electron chi connectivity index (χ1n) is 10.8. The molecule has 8 nitrogen and oxygen atoms in total. The van der Waals surface area contributed by atoms with Crippen molar-refractivity contribution in [3.05, 3.63) is 75.8 Å². The highest BCUT2D eigenvalue weighted by molar-refractivity contribution is 6.22. The van der Waals surface area contributed by atoms with Crippen molar-refractivity contribution < 1.29 is 14.4 Å². The standard InChI is InChI=1S/C24H22N4O4/c29-20(14-27-22(30)16-10-4-5-11-17(16)23(27)31)26-28-21(15-8-2-1-3-9-15)25-19-13-7-6-12-18(19)24(28)32/h4-7,10-13,15H,1-3,8-9,14H2,(H,26,29). The smallest absolute Gasteiger partial charge is 0.271 e. The van der Waals surface area contributed by atoms with Gasteiger partial charge >= 0.3 is 0 Å². The Morgan fingerprint density at radius 1 is 0.906 bits per heavy atom. The van der Waals surface area contributed by atoms with Crippen LogP contribution < -0.4 is 11.0 Å². The number of para-hydroxylation sites is 1. The van der Waals surface area contributed by atoms with Gasteiger partial charge in [-0.1, -0.05) is 43.5 Å². The summed E-state index contributed by atoms with van der Waals surface area (Å²) in [6.07, 6.45) is 4.99. The maximum atomic E-state index is 13.2. The molecule has 162 valence electrons. The SMILES string of the molecule is O=C(CN1C(=O)c2ccccc2C1=O)Nn1c(C2CCCCC2)nc2ccccc2c1=O. The number of hydrogen-bond donors (Lipinski definition) is 1. The fraction of sp³-hybridized carbons (Fsp3) is 0.292. The van der Waals surface area contributed by atoms with Crippen molar-refractivity contribution in [2.75, 3.05) is 12.0 Å². The lowest BCUT2D eigenvalue weighted by molar-refractivity contribution is -0.117. The Kier molecular flexibility index (Phi) is 5.05. The molecule has 2 aromatic carbocycles. The summed E-state index contributed by atoms with van der Waals surface area (Å²) in [5, 5.41) is 0.396. The summed E-state index contributed by atoms with van der Waals surface area (Å²) in [7, 11) is 0. The monoisotopic (exact) mass is 430 g/mol. The summed E-state index contributed by atoms with van der Waals surface area (Å²) in [5.41, 5.74) is 3.39. The van der Waals surface area contributed by atoms with E-state index in [9.17, 15) is 19.2 Å². The molecule has 0 unspecified atom stereocenters. The highest BCUT2D eigenvalue weighted by Gasteiger charge is 2.36. The zero-order chi connectivity index (χ0) is 22.2. The highest BCUT2D eigenvalue weighted by Crippen LogP contribution is 2.31. The summed E-state index contributed by atoms with van der Waals surface area (Å²) in [6.45, 7) is -0.476. The molecule has 0 spiro atoms. The van der Waals surface area contributed by atoms with Gasteiger partial charge in [-0.2, -0.15) is 0 Å². The Hall–Kier alpha value is -3.81. The van der Waals surface area contributed by atoms with Crippen LogP contribution >= 0.6 is 0 Å². The normalized spacial score (nSPS) is 16.4. The molecular weight excluding hydrogens is 408 g/mol. The van der Waals surface area contributed by atoms with E-state index in [-0.39, 0.29) is 22.6 Å². The number of imide groups is 1. The van der Waals surface area contributed by atoms with Crippen LogP contribution in [0.4, 0.5) is 0 Å². The molecule has 3 aromatic rings. The van der Waals surface area contributed by atoms with Gasteiger partial charge in [0.25, 0.3) is 23.3 Å². The van der Waals surface area contributed by atoms with Crippen molar-refractivity contribution in [3.63, 3.8) is 0 Å². The zero-order valence-electron chi connectivity index (χ0n) is 17.4. The van der Waals surface area contributed by atoms with E-state index < -0.39 is 24.3 Å². The molecule has 5 rings (SSSR count). The maximum Gasteiger partial charge on any atom is 0.280 e. The lowest BCUT2D eigenvalue weighted by Crippen LogP contribution is -2.43. The molecule has 1 N–H and O–H groups in total. The molecule has 8 heteroatoms. The van der Waals surface area contributed by atoms with Crippen molar-refractivity contribution in [1.82, 2.24) is 14.6 Å². The first-order chi connectivity index (χ1) is 15.5. The lowest BCUT2D eigenvalue weighted by Gasteiger charge is -2.25. The number of rotatable bonds is 4. The van der Waals surface area contributed by atoms with Gasteiger partial charge in [0, 0.05) is 5.92 Å². The van der Waals surface area contributed by atoms with Gasteiger partial charge < -0.3 is 0 Å². The molecular formula is C24H22N4O4. The third kappa shape index (κ3) is 3.37. The van der Waals surface area contributed by atoms with Crippen LogP contribution in [0.5, 0.6) is 0 Å². The van der Waals surface area contributed by atoms with Gasteiger partial charge in [0.1, 0.15) is 12.4 Å². The molecule has 0 atom stereocenters. The fourth-order valence-corrected chi connectivity index (χ4v) is 4.58. The molecule has 2 heterocycles. The number of carbonyl (C=O) groups excluding carboxylic acids is 3.